The lowest BCUT2D eigenvalue weighted by Gasteiger charge is -2.19. The fourth-order valence-corrected chi connectivity index (χ4v) is 3.18. The monoisotopic (exact) mass is 391 g/mol. The molecule has 0 bridgehead atoms. The van der Waals surface area contributed by atoms with Crippen LogP contribution in [0.4, 0.5) is 17.1 Å². The van der Waals surface area contributed by atoms with Gasteiger partial charge in [-0.05, 0) is 42.5 Å². The number of carbonyl (C=O) groups is 2. The van der Waals surface area contributed by atoms with Crippen LogP contribution in [-0.4, -0.2) is 32.5 Å². The molecule has 0 radical (unpaired) electrons. The summed E-state index contributed by atoms with van der Waals surface area (Å²) in [5, 5.41) is 3.60. The van der Waals surface area contributed by atoms with Gasteiger partial charge in [0.05, 0.1) is 16.0 Å². The first-order valence-corrected chi connectivity index (χ1v) is 8.94. The zero-order valence-electron chi connectivity index (χ0n) is 14.5. The van der Waals surface area contributed by atoms with Crippen LogP contribution in [0.5, 0.6) is 0 Å². The number of nitrogens with zero attached hydrogens (tertiary/aromatic N) is 2. The van der Waals surface area contributed by atoms with E-state index in [1.54, 1.807) is 23.1 Å². The Labute approximate surface area is 162 Å². The molecule has 0 aliphatic carbocycles. The molecule has 1 fully saturated rings. The maximum Gasteiger partial charge on any atom is 0.229 e. The zero-order chi connectivity index (χ0) is 18.8. The highest BCUT2D eigenvalue weighted by Gasteiger charge is 2.35. The summed E-state index contributed by atoms with van der Waals surface area (Å²) < 4.78 is 0. The first-order chi connectivity index (χ1) is 12.3. The molecular weight excluding hydrogens is 373 g/mol. The normalized spacial score (nSPS) is 16.7. The summed E-state index contributed by atoms with van der Waals surface area (Å²) in [4.78, 5) is 28.5. The van der Waals surface area contributed by atoms with E-state index in [1.165, 1.54) is 0 Å². The highest BCUT2D eigenvalue weighted by atomic mass is 35.5. The van der Waals surface area contributed by atoms with Crippen molar-refractivity contribution < 1.29 is 9.59 Å². The summed E-state index contributed by atoms with van der Waals surface area (Å²) in [6.07, 6.45) is 0.183. The molecule has 1 N–H and O–H groups in total. The predicted octanol–water partition coefficient (Wildman–Crippen LogP) is 4.05. The van der Waals surface area contributed by atoms with Gasteiger partial charge in [-0.15, -0.1) is 0 Å². The minimum atomic E-state index is -0.412. The molecule has 1 unspecified atom stereocenters. The minimum Gasteiger partial charge on any atom is -0.378 e. The Hall–Kier alpha value is -2.24. The predicted molar refractivity (Wildman–Crippen MR) is 106 cm³/mol. The minimum absolute atomic E-state index is 0.0584. The molecule has 1 atom stereocenters. The van der Waals surface area contributed by atoms with Crippen molar-refractivity contribution in [3.05, 3.63) is 52.5 Å². The van der Waals surface area contributed by atoms with Gasteiger partial charge < -0.3 is 15.1 Å². The van der Waals surface area contributed by atoms with Crippen LogP contribution in [-0.2, 0) is 9.59 Å². The Morgan fingerprint density at radius 1 is 1.12 bits per heavy atom. The van der Waals surface area contributed by atoms with Crippen molar-refractivity contribution in [1.29, 1.82) is 0 Å². The number of hydrogen-bond donors (Lipinski definition) is 1. The van der Waals surface area contributed by atoms with E-state index >= 15 is 0 Å². The molecule has 2 aromatic rings. The van der Waals surface area contributed by atoms with Gasteiger partial charge in [0.15, 0.2) is 0 Å². The van der Waals surface area contributed by atoms with Crippen molar-refractivity contribution in [2.75, 3.05) is 35.8 Å². The van der Waals surface area contributed by atoms with Crippen molar-refractivity contribution in [2.24, 2.45) is 5.92 Å². The third kappa shape index (κ3) is 3.94. The molecule has 0 spiro atoms. The Kier molecular flexibility index (Phi) is 5.39. The van der Waals surface area contributed by atoms with Crippen LogP contribution in [0.25, 0.3) is 0 Å². The largest absolute Gasteiger partial charge is 0.378 e. The zero-order valence-corrected chi connectivity index (χ0v) is 16.0. The Bertz CT molecular complexity index is 837. The van der Waals surface area contributed by atoms with Gasteiger partial charge >= 0.3 is 0 Å². The average Bonchev–Trinajstić information content (AvgIpc) is 3.00. The summed E-state index contributed by atoms with van der Waals surface area (Å²) in [6, 6.07) is 12.6. The van der Waals surface area contributed by atoms with Crippen molar-refractivity contribution >= 4 is 52.1 Å². The molecule has 5 nitrogen and oxygen atoms in total. The van der Waals surface area contributed by atoms with Crippen LogP contribution < -0.4 is 15.1 Å². The molecule has 1 aliphatic heterocycles. The van der Waals surface area contributed by atoms with Gasteiger partial charge in [-0.1, -0.05) is 23.2 Å². The molecule has 2 amide bonds. The van der Waals surface area contributed by atoms with Gasteiger partial charge in [-0.3, -0.25) is 9.59 Å². The third-order valence-corrected chi connectivity index (χ3v) is 5.10. The van der Waals surface area contributed by atoms with Gasteiger partial charge in [0.2, 0.25) is 11.8 Å². The van der Waals surface area contributed by atoms with Crippen LogP contribution in [0.2, 0.25) is 10.0 Å². The van der Waals surface area contributed by atoms with Gasteiger partial charge in [0, 0.05) is 44.1 Å². The fraction of sp³-hybridized carbons (Fsp3) is 0.263. The Morgan fingerprint density at radius 3 is 2.42 bits per heavy atom. The lowest BCUT2D eigenvalue weighted by molar-refractivity contribution is -0.122. The quantitative estimate of drug-likeness (QED) is 0.854. The standard InChI is InChI=1S/C19H19Cl2N3O2/c1-23(2)14-4-6-15(7-5-14)24-11-12(9-18(24)25)19(26)22-13-3-8-16(20)17(21)10-13/h3-8,10,12H,9,11H2,1-2H3,(H,22,26). The fourth-order valence-electron chi connectivity index (χ4n) is 2.88. The summed E-state index contributed by atoms with van der Waals surface area (Å²) in [5.41, 5.74) is 2.41. The molecule has 1 heterocycles. The summed E-state index contributed by atoms with van der Waals surface area (Å²) in [6.45, 7) is 0.354. The first kappa shape index (κ1) is 18.5. The number of anilines is 3. The van der Waals surface area contributed by atoms with Crippen molar-refractivity contribution in [2.45, 2.75) is 6.42 Å². The number of carbonyl (C=O) groups excluding carboxylic acids is 2. The Balaban J connectivity index is 1.68. The number of halogens is 2. The topological polar surface area (TPSA) is 52.6 Å². The SMILES string of the molecule is CN(C)c1ccc(N2CC(C(=O)Nc3ccc(Cl)c(Cl)c3)CC2=O)cc1. The molecular formula is C19H19Cl2N3O2. The molecule has 1 aliphatic rings. The van der Waals surface area contributed by atoms with E-state index < -0.39 is 5.92 Å². The van der Waals surface area contributed by atoms with E-state index in [0.717, 1.165) is 11.4 Å². The van der Waals surface area contributed by atoms with Crippen LogP contribution in [0.1, 0.15) is 6.42 Å². The van der Waals surface area contributed by atoms with Gasteiger partial charge in [0.1, 0.15) is 0 Å². The van der Waals surface area contributed by atoms with Crippen LogP contribution in [0.3, 0.4) is 0 Å². The first-order valence-electron chi connectivity index (χ1n) is 8.19. The molecule has 26 heavy (non-hydrogen) atoms. The number of amides is 2. The molecule has 3 rings (SSSR count). The molecule has 2 aromatic carbocycles. The maximum atomic E-state index is 12.5. The second kappa shape index (κ2) is 7.56. The lowest BCUT2D eigenvalue weighted by atomic mass is 10.1. The lowest BCUT2D eigenvalue weighted by Crippen LogP contribution is -2.28. The van der Waals surface area contributed by atoms with Gasteiger partial charge in [0.25, 0.3) is 0 Å². The molecule has 136 valence electrons. The van der Waals surface area contributed by atoms with Crippen molar-refractivity contribution in [3.8, 4) is 0 Å². The maximum absolute atomic E-state index is 12.5. The van der Waals surface area contributed by atoms with Crippen molar-refractivity contribution in [3.63, 3.8) is 0 Å². The molecule has 0 aromatic heterocycles. The Morgan fingerprint density at radius 2 is 1.81 bits per heavy atom. The van der Waals surface area contributed by atoms with E-state index in [9.17, 15) is 9.59 Å². The van der Waals surface area contributed by atoms with Crippen LogP contribution >= 0.6 is 23.2 Å². The second-order valence-corrected chi connectivity index (χ2v) is 7.25. The summed E-state index contributed by atoms with van der Waals surface area (Å²) >= 11 is 11.9. The van der Waals surface area contributed by atoms with E-state index in [1.807, 2.05) is 43.3 Å². The van der Waals surface area contributed by atoms with E-state index in [-0.39, 0.29) is 18.2 Å². The highest BCUT2D eigenvalue weighted by molar-refractivity contribution is 6.42. The van der Waals surface area contributed by atoms with Gasteiger partial charge in [-0.25, -0.2) is 0 Å². The average molecular weight is 392 g/mol. The molecule has 7 heteroatoms. The number of hydrogen-bond acceptors (Lipinski definition) is 3. The number of benzene rings is 2. The van der Waals surface area contributed by atoms with E-state index in [4.69, 9.17) is 23.2 Å². The highest BCUT2D eigenvalue weighted by Crippen LogP contribution is 2.29. The van der Waals surface area contributed by atoms with Gasteiger partial charge in [-0.2, -0.15) is 0 Å². The van der Waals surface area contributed by atoms with Crippen LogP contribution in [0.15, 0.2) is 42.5 Å². The third-order valence-electron chi connectivity index (χ3n) is 4.36. The molecule has 1 saturated heterocycles. The van der Waals surface area contributed by atoms with Crippen LogP contribution in [0, 0.1) is 5.92 Å². The number of rotatable bonds is 4. The molecule has 0 saturated carbocycles. The summed E-state index contributed by atoms with van der Waals surface area (Å²) in [7, 11) is 3.92. The second-order valence-electron chi connectivity index (χ2n) is 6.43. The summed E-state index contributed by atoms with van der Waals surface area (Å²) in [5.74, 6) is -0.675. The smallest absolute Gasteiger partial charge is 0.229 e. The van der Waals surface area contributed by atoms with E-state index in [0.29, 0.717) is 22.3 Å². The van der Waals surface area contributed by atoms with E-state index in [2.05, 4.69) is 5.32 Å². The van der Waals surface area contributed by atoms with Crippen molar-refractivity contribution in [1.82, 2.24) is 0 Å². The number of nitrogens with one attached hydrogen (secondary N) is 1.